The van der Waals surface area contributed by atoms with Crippen molar-refractivity contribution >= 4 is 23.4 Å². The Bertz CT molecular complexity index is 1300. The molecule has 1 aliphatic rings. The highest BCUT2D eigenvalue weighted by atomic mass is 32.2. The van der Waals surface area contributed by atoms with Crippen LogP contribution in [0, 0.1) is 6.92 Å². The maximum Gasteiger partial charge on any atom is 0.255 e. The van der Waals surface area contributed by atoms with Gasteiger partial charge in [-0.25, -0.2) is 0 Å². The van der Waals surface area contributed by atoms with Crippen molar-refractivity contribution in [3.8, 4) is 0 Å². The topological polar surface area (TPSA) is 32.3 Å². The third-order valence-electron chi connectivity index (χ3n) is 6.52. The molecule has 0 spiro atoms. The van der Waals surface area contributed by atoms with Crippen LogP contribution in [0.2, 0.25) is 0 Å². The molecule has 0 aliphatic carbocycles. The molecule has 35 heavy (non-hydrogen) atoms. The van der Waals surface area contributed by atoms with Crippen molar-refractivity contribution in [1.82, 2.24) is 4.90 Å². The van der Waals surface area contributed by atoms with E-state index in [0.29, 0.717) is 5.56 Å². The summed E-state index contributed by atoms with van der Waals surface area (Å²) in [4.78, 5) is 16.6. The summed E-state index contributed by atoms with van der Waals surface area (Å²) >= 11 is 1.82. The van der Waals surface area contributed by atoms with E-state index in [1.807, 2.05) is 43.0 Å². The molecule has 1 amide bonds. The molecule has 1 heterocycles. The fraction of sp³-hybridized carbons (Fsp3) is 0.194. The molecule has 0 saturated carbocycles. The molecule has 176 valence electrons. The number of carbonyl (C=O) groups is 1. The van der Waals surface area contributed by atoms with E-state index in [1.165, 1.54) is 27.1 Å². The zero-order chi connectivity index (χ0) is 24.0. The Morgan fingerprint density at radius 2 is 1.57 bits per heavy atom. The van der Waals surface area contributed by atoms with Gasteiger partial charge in [0.05, 0.1) is 0 Å². The van der Waals surface area contributed by atoms with Gasteiger partial charge in [0, 0.05) is 41.5 Å². The Kier molecular flexibility index (Phi) is 7.31. The lowest BCUT2D eigenvalue weighted by Crippen LogP contribution is -2.29. The molecular weight excluding hydrogens is 448 g/mol. The molecule has 3 nitrogen and oxygen atoms in total. The van der Waals surface area contributed by atoms with Gasteiger partial charge in [0.1, 0.15) is 0 Å². The molecule has 1 aliphatic heterocycles. The van der Waals surface area contributed by atoms with Gasteiger partial charge in [-0.1, -0.05) is 66.7 Å². The number of anilines is 1. The lowest BCUT2D eigenvalue weighted by Gasteiger charge is -2.28. The first-order valence-corrected chi connectivity index (χ1v) is 13.1. The highest BCUT2D eigenvalue weighted by molar-refractivity contribution is 7.98. The van der Waals surface area contributed by atoms with Crippen molar-refractivity contribution in [2.45, 2.75) is 37.1 Å². The van der Waals surface area contributed by atoms with Crippen LogP contribution in [0.15, 0.2) is 102 Å². The first kappa shape index (κ1) is 23.4. The van der Waals surface area contributed by atoms with Crippen molar-refractivity contribution in [3.63, 3.8) is 0 Å². The van der Waals surface area contributed by atoms with Crippen molar-refractivity contribution in [3.05, 3.63) is 130 Å². The Morgan fingerprint density at radius 3 is 2.34 bits per heavy atom. The van der Waals surface area contributed by atoms with Crippen molar-refractivity contribution in [1.29, 1.82) is 0 Å². The average Bonchev–Trinajstić information content (AvgIpc) is 2.90. The van der Waals surface area contributed by atoms with E-state index < -0.39 is 0 Å². The molecule has 0 unspecified atom stereocenters. The maximum atomic E-state index is 12.9. The van der Waals surface area contributed by atoms with Crippen LogP contribution in [-0.2, 0) is 25.3 Å². The molecular formula is C31H30N2OS. The van der Waals surface area contributed by atoms with E-state index >= 15 is 0 Å². The van der Waals surface area contributed by atoms with Crippen LogP contribution < -0.4 is 5.32 Å². The molecule has 0 fully saturated rings. The van der Waals surface area contributed by atoms with E-state index in [2.05, 4.69) is 83.0 Å². The fourth-order valence-corrected chi connectivity index (χ4v) is 5.40. The first-order chi connectivity index (χ1) is 17.1. The largest absolute Gasteiger partial charge is 0.322 e. The summed E-state index contributed by atoms with van der Waals surface area (Å²) < 4.78 is 0. The van der Waals surface area contributed by atoms with Crippen molar-refractivity contribution in [2.75, 3.05) is 11.9 Å². The standard InChI is InChI=1S/C31H30N2OS/c1-23-19-25(22-35-29-9-3-2-4-10-29)13-16-30(23)32-31(34)27-14-11-24(12-15-27)20-33-18-17-26-7-5-6-8-28(26)21-33/h2-16,19H,17-18,20-22H2,1H3,(H,32,34). The third-order valence-corrected chi connectivity index (χ3v) is 7.60. The Hall–Kier alpha value is -3.34. The number of nitrogens with one attached hydrogen (secondary N) is 1. The summed E-state index contributed by atoms with van der Waals surface area (Å²) in [5.41, 5.74) is 7.99. The van der Waals surface area contributed by atoms with Crippen LogP contribution in [-0.4, -0.2) is 17.4 Å². The van der Waals surface area contributed by atoms with Crippen molar-refractivity contribution in [2.24, 2.45) is 0 Å². The summed E-state index contributed by atoms with van der Waals surface area (Å²) in [6.45, 7) is 5.00. The zero-order valence-corrected chi connectivity index (χ0v) is 20.9. The summed E-state index contributed by atoms with van der Waals surface area (Å²) in [6.07, 6.45) is 1.10. The van der Waals surface area contributed by atoms with Gasteiger partial charge < -0.3 is 5.32 Å². The van der Waals surface area contributed by atoms with Gasteiger partial charge in [-0.3, -0.25) is 9.69 Å². The number of nitrogens with zero attached hydrogens (tertiary/aromatic N) is 1. The normalized spacial score (nSPS) is 13.3. The van der Waals surface area contributed by atoms with E-state index in [9.17, 15) is 4.79 Å². The number of thioether (sulfide) groups is 1. The number of benzene rings is 4. The molecule has 4 aromatic rings. The summed E-state index contributed by atoms with van der Waals surface area (Å²) in [7, 11) is 0. The molecule has 0 aromatic heterocycles. The molecule has 0 radical (unpaired) electrons. The summed E-state index contributed by atoms with van der Waals surface area (Å²) in [6, 6.07) is 33.4. The second-order valence-corrected chi connectivity index (χ2v) is 10.2. The number of rotatable bonds is 7. The van der Waals surface area contributed by atoms with Gasteiger partial charge in [0.2, 0.25) is 0 Å². The minimum Gasteiger partial charge on any atom is -0.322 e. The number of amides is 1. The minimum absolute atomic E-state index is 0.0713. The molecule has 4 heteroatoms. The van der Waals surface area contributed by atoms with E-state index in [-0.39, 0.29) is 5.91 Å². The summed E-state index contributed by atoms with van der Waals surface area (Å²) in [5, 5.41) is 3.08. The molecule has 1 N–H and O–H groups in total. The predicted octanol–water partition coefficient (Wildman–Crippen LogP) is 7.10. The van der Waals surface area contributed by atoms with Crippen molar-refractivity contribution < 1.29 is 4.79 Å². The predicted molar refractivity (Wildman–Crippen MR) is 146 cm³/mol. The Balaban J connectivity index is 1.16. The number of hydrogen-bond acceptors (Lipinski definition) is 3. The second kappa shape index (κ2) is 10.9. The Morgan fingerprint density at radius 1 is 0.857 bits per heavy atom. The summed E-state index contributed by atoms with van der Waals surface area (Å²) in [5.74, 6) is 0.835. The van der Waals surface area contributed by atoms with Crippen LogP contribution >= 0.6 is 11.8 Å². The van der Waals surface area contributed by atoms with Crippen LogP contribution in [0.4, 0.5) is 5.69 Å². The average molecular weight is 479 g/mol. The number of hydrogen-bond donors (Lipinski definition) is 1. The van der Waals surface area contributed by atoms with E-state index in [4.69, 9.17) is 0 Å². The highest BCUT2D eigenvalue weighted by Gasteiger charge is 2.16. The molecule has 0 bridgehead atoms. The number of carbonyl (C=O) groups excluding carboxylic acids is 1. The molecule has 0 atom stereocenters. The van der Waals surface area contributed by atoms with Gasteiger partial charge in [-0.2, -0.15) is 0 Å². The van der Waals surface area contributed by atoms with Gasteiger partial charge in [0.25, 0.3) is 5.91 Å². The van der Waals surface area contributed by atoms with Crippen LogP contribution in [0.1, 0.15) is 38.2 Å². The highest BCUT2D eigenvalue weighted by Crippen LogP contribution is 2.25. The molecule has 5 rings (SSSR count). The fourth-order valence-electron chi connectivity index (χ4n) is 4.54. The van der Waals surface area contributed by atoms with E-state index in [1.54, 1.807) is 0 Å². The van der Waals surface area contributed by atoms with E-state index in [0.717, 1.165) is 43.1 Å². The van der Waals surface area contributed by atoms with Gasteiger partial charge in [0.15, 0.2) is 0 Å². The maximum absolute atomic E-state index is 12.9. The quantitative estimate of drug-likeness (QED) is 0.288. The van der Waals surface area contributed by atoms with Crippen LogP contribution in [0.25, 0.3) is 0 Å². The lowest BCUT2D eigenvalue weighted by molar-refractivity contribution is 0.102. The molecule has 0 saturated heterocycles. The minimum atomic E-state index is -0.0713. The third kappa shape index (κ3) is 6.02. The van der Waals surface area contributed by atoms with Gasteiger partial charge >= 0.3 is 0 Å². The SMILES string of the molecule is Cc1cc(CSc2ccccc2)ccc1NC(=O)c1ccc(CN2CCc3ccccc3C2)cc1. The number of aryl methyl sites for hydroxylation is 1. The van der Waals surface area contributed by atoms with Gasteiger partial charge in [-0.05, 0) is 71.5 Å². The smallest absolute Gasteiger partial charge is 0.255 e. The lowest BCUT2D eigenvalue weighted by atomic mass is 9.99. The van der Waals surface area contributed by atoms with Crippen LogP contribution in [0.5, 0.6) is 0 Å². The van der Waals surface area contributed by atoms with Crippen LogP contribution in [0.3, 0.4) is 0 Å². The first-order valence-electron chi connectivity index (χ1n) is 12.1. The molecule has 4 aromatic carbocycles. The number of fused-ring (bicyclic) bond motifs is 1. The second-order valence-electron chi connectivity index (χ2n) is 9.13. The zero-order valence-electron chi connectivity index (χ0n) is 20.0. The monoisotopic (exact) mass is 478 g/mol. The Labute approximate surface area is 212 Å². The van der Waals surface area contributed by atoms with Gasteiger partial charge in [-0.15, -0.1) is 11.8 Å².